The summed E-state index contributed by atoms with van der Waals surface area (Å²) < 4.78 is 0. The number of hydrogen-bond acceptors (Lipinski definition) is 2. The van der Waals surface area contributed by atoms with Crippen molar-refractivity contribution < 1.29 is 4.79 Å². The van der Waals surface area contributed by atoms with Crippen molar-refractivity contribution in [2.75, 3.05) is 6.54 Å². The zero-order valence-corrected chi connectivity index (χ0v) is 9.50. The minimum atomic E-state index is -0.124. The van der Waals surface area contributed by atoms with Gasteiger partial charge < -0.3 is 11.1 Å². The van der Waals surface area contributed by atoms with E-state index in [0.717, 1.165) is 5.56 Å². The molecule has 0 saturated heterocycles. The van der Waals surface area contributed by atoms with E-state index in [1.165, 1.54) is 11.1 Å². The van der Waals surface area contributed by atoms with Crippen molar-refractivity contribution in [3.05, 3.63) is 34.9 Å². The SMILES string of the molecule is Cc1ccc(C(C)NC(=O)CN)cc1C. The molecule has 0 aromatic heterocycles. The first-order chi connectivity index (χ1) is 7.04. The van der Waals surface area contributed by atoms with Gasteiger partial charge in [0, 0.05) is 0 Å². The molecule has 1 rings (SSSR count). The van der Waals surface area contributed by atoms with Crippen molar-refractivity contribution in [3.8, 4) is 0 Å². The first-order valence-electron chi connectivity index (χ1n) is 5.11. The first-order valence-corrected chi connectivity index (χ1v) is 5.11. The van der Waals surface area contributed by atoms with Gasteiger partial charge in [-0.1, -0.05) is 18.2 Å². The molecule has 82 valence electrons. The maximum Gasteiger partial charge on any atom is 0.234 e. The summed E-state index contributed by atoms with van der Waals surface area (Å²) in [6, 6.07) is 6.21. The topological polar surface area (TPSA) is 55.1 Å². The van der Waals surface area contributed by atoms with Gasteiger partial charge in [-0.3, -0.25) is 4.79 Å². The van der Waals surface area contributed by atoms with Crippen LogP contribution in [0.25, 0.3) is 0 Å². The minimum Gasteiger partial charge on any atom is -0.348 e. The summed E-state index contributed by atoms with van der Waals surface area (Å²) in [5, 5.41) is 2.83. The largest absolute Gasteiger partial charge is 0.348 e. The van der Waals surface area contributed by atoms with Crippen LogP contribution in [0, 0.1) is 13.8 Å². The van der Waals surface area contributed by atoms with Gasteiger partial charge >= 0.3 is 0 Å². The highest BCUT2D eigenvalue weighted by Gasteiger charge is 2.08. The number of carbonyl (C=O) groups is 1. The highest BCUT2D eigenvalue weighted by Crippen LogP contribution is 2.16. The molecule has 3 nitrogen and oxygen atoms in total. The van der Waals surface area contributed by atoms with Gasteiger partial charge in [-0.2, -0.15) is 0 Å². The molecule has 1 aromatic rings. The van der Waals surface area contributed by atoms with Gasteiger partial charge in [0.1, 0.15) is 0 Å². The van der Waals surface area contributed by atoms with Gasteiger partial charge in [0.05, 0.1) is 12.6 Å². The van der Waals surface area contributed by atoms with E-state index in [-0.39, 0.29) is 18.5 Å². The molecule has 15 heavy (non-hydrogen) atoms. The van der Waals surface area contributed by atoms with E-state index in [1.54, 1.807) is 0 Å². The van der Waals surface area contributed by atoms with Crippen molar-refractivity contribution in [2.45, 2.75) is 26.8 Å². The van der Waals surface area contributed by atoms with E-state index in [9.17, 15) is 4.79 Å². The molecule has 0 aliphatic heterocycles. The maximum absolute atomic E-state index is 11.1. The Kier molecular flexibility index (Phi) is 3.86. The number of aryl methyl sites for hydroxylation is 2. The highest BCUT2D eigenvalue weighted by atomic mass is 16.1. The number of nitrogens with two attached hydrogens (primary N) is 1. The molecule has 0 radical (unpaired) electrons. The molecule has 0 aliphatic carbocycles. The summed E-state index contributed by atoms with van der Waals surface area (Å²) in [7, 11) is 0. The molecule has 0 bridgehead atoms. The molecule has 0 fully saturated rings. The molecule has 1 unspecified atom stereocenters. The average Bonchev–Trinajstić information content (AvgIpc) is 2.21. The molecule has 0 spiro atoms. The smallest absolute Gasteiger partial charge is 0.234 e. The second kappa shape index (κ2) is 4.94. The molecule has 1 amide bonds. The fourth-order valence-electron chi connectivity index (χ4n) is 1.42. The normalized spacial score (nSPS) is 12.3. The Hall–Kier alpha value is -1.35. The van der Waals surface area contributed by atoms with Crippen LogP contribution in [-0.4, -0.2) is 12.5 Å². The summed E-state index contributed by atoms with van der Waals surface area (Å²) in [4.78, 5) is 11.1. The maximum atomic E-state index is 11.1. The summed E-state index contributed by atoms with van der Waals surface area (Å²) in [6.07, 6.45) is 0. The molecule has 1 atom stereocenters. The summed E-state index contributed by atoms with van der Waals surface area (Å²) in [5.74, 6) is -0.124. The number of nitrogens with one attached hydrogen (secondary N) is 1. The van der Waals surface area contributed by atoms with Crippen molar-refractivity contribution in [1.29, 1.82) is 0 Å². The van der Waals surface area contributed by atoms with Crippen LogP contribution in [0.15, 0.2) is 18.2 Å². The molecule has 0 aliphatic rings. The summed E-state index contributed by atoms with van der Waals surface area (Å²) >= 11 is 0. The van der Waals surface area contributed by atoms with Crippen LogP contribution < -0.4 is 11.1 Å². The first kappa shape index (κ1) is 11.7. The predicted octanol–water partition coefficient (Wildman–Crippen LogP) is 1.44. The zero-order chi connectivity index (χ0) is 11.4. The lowest BCUT2D eigenvalue weighted by Gasteiger charge is -2.15. The zero-order valence-electron chi connectivity index (χ0n) is 9.50. The van der Waals surface area contributed by atoms with E-state index in [0.29, 0.717) is 0 Å². The third-order valence-electron chi connectivity index (χ3n) is 2.59. The van der Waals surface area contributed by atoms with E-state index in [1.807, 2.05) is 13.0 Å². The number of hydrogen-bond donors (Lipinski definition) is 2. The Morgan fingerprint density at radius 1 is 1.40 bits per heavy atom. The van der Waals surface area contributed by atoms with Crippen molar-refractivity contribution in [3.63, 3.8) is 0 Å². The molecule has 0 saturated carbocycles. The standard InChI is InChI=1S/C12H18N2O/c1-8-4-5-11(6-9(8)2)10(3)14-12(15)7-13/h4-6,10H,7,13H2,1-3H3,(H,14,15). The van der Waals surface area contributed by atoms with Gasteiger partial charge in [-0.15, -0.1) is 0 Å². The number of rotatable bonds is 3. The van der Waals surface area contributed by atoms with Crippen LogP contribution in [0.5, 0.6) is 0 Å². The van der Waals surface area contributed by atoms with E-state index in [4.69, 9.17) is 5.73 Å². The predicted molar refractivity (Wildman–Crippen MR) is 61.5 cm³/mol. The van der Waals surface area contributed by atoms with Gasteiger partial charge in [-0.25, -0.2) is 0 Å². The third kappa shape index (κ3) is 3.06. The Balaban J connectivity index is 2.78. The highest BCUT2D eigenvalue weighted by molar-refractivity contribution is 5.78. The van der Waals surface area contributed by atoms with Crippen molar-refractivity contribution >= 4 is 5.91 Å². The quantitative estimate of drug-likeness (QED) is 0.786. The van der Waals surface area contributed by atoms with Crippen LogP contribution in [0.1, 0.15) is 29.7 Å². The second-order valence-corrected chi connectivity index (χ2v) is 3.84. The van der Waals surface area contributed by atoms with E-state index < -0.39 is 0 Å². The van der Waals surface area contributed by atoms with E-state index in [2.05, 4.69) is 31.3 Å². The fraction of sp³-hybridized carbons (Fsp3) is 0.417. The van der Waals surface area contributed by atoms with Gasteiger partial charge in [0.25, 0.3) is 0 Å². The van der Waals surface area contributed by atoms with Crippen LogP contribution >= 0.6 is 0 Å². The molecule has 3 N–H and O–H groups in total. The number of amides is 1. The molecule has 0 heterocycles. The van der Waals surface area contributed by atoms with Gasteiger partial charge in [-0.05, 0) is 37.5 Å². The van der Waals surface area contributed by atoms with Crippen LogP contribution in [0.3, 0.4) is 0 Å². The Bertz CT molecular complexity index is 361. The van der Waals surface area contributed by atoms with Crippen LogP contribution in [0.2, 0.25) is 0 Å². The number of carbonyl (C=O) groups excluding carboxylic acids is 1. The summed E-state index contributed by atoms with van der Waals surface area (Å²) in [5.41, 5.74) is 8.85. The second-order valence-electron chi connectivity index (χ2n) is 3.84. The fourth-order valence-corrected chi connectivity index (χ4v) is 1.42. The summed E-state index contributed by atoms with van der Waals surface area (Å²) in [6.45, 7) is 6.13. The Morgan fingerprint density at radius 2 is 2.07 bits per heavy atom. The molecule has 1 aromatic carbocycles. The monoisotopic (exact) mass is 206 g/mol. The minimum absolute atomic E-state index is 0.0142. The molecule has 3 heteroatoms. The van der Waals surface area contributed by atoms with Crippen molar-refractivity contribution in [1.82, 2.24) is 5.32 Å². The van der Waals surface area contributed by atoms with Crippen molar-refractivity contribution in [2.24, 2.45) is 5.73 Å². The van der Waals surface area contributed by atoms with Crippen LogP contribution in [-0.2, 0) is 4.79 Å². The third-order valence-corrected chi connectivity index (χ3v) is 2.59. The molecular formula is C12H18N2O. The molecular weight excluding hydrogens is 188 g/mol. The van der Waals surface area contributed by atoms with Crippen LogP contribution in [0.4, 0.5) is 0 Å². The van der Waals surface area contributed by atoms with Gasteiger partial charge in [0.15, 0.2) is 0 Å². The van der Waals surface area contributed by atoms with Gasteiger partial charge in [0.2, 0.25) is 5.91 Å². The lowest BCUT2D eigenvalue weighted by atomic mass is 10.0. The van der Waals surface area contributed by atoms with E-state index >= 15 is 0 Å². The average molecular weight is 206 g/mol. The lowest BCUT2D eigenvalue weighted by molar-refractivity contribution is -0.120. The Morgan fingerprint density at radius 3 is 2.60 bits per heavy atom. The lowest BCUT2D eigenvalue weighted by Crippen LogP contribution is -2.32. The number of benzene rings is 1. The Labute approximate surface area is 90.7 Å².